The molecule has 0 radical (unpaired) electrons. The van der Waals surface area contributed by atoms with E-state index in [-0.39, 0.29) is 11.9 Å². The molecular formula is C12H18N4O3. The third-order valence-electron chi connectivity index (χ3n) is 2.82. The van der Waals surface area contributed by atoms with E-state index in [1.54, 1.807) is 20.8 Å². The molecule has 7 heteroatoms. The highest BCUT2D eigenvalue weighted by molar-refractivity contribution is 5.68. The number of anilines is 1. The highest BCUT2D eigenvalue weighted by Crippen LogP contribution is 2.31. The normalized spacial score (nSPS) is 17.9. The van der Waals surface area contributed by atoms with E-state index in [9.17, 15) is 9.59 Å². The van der Waals surface area contributed by atoms with Gasteiger partial charge >= 0.3 is 11.8 Å². The number of nitrogens with zero attached hydrogens (tertiary/aromatic N) is 1. The number of H-pyrrole nitrogens is 1. The molecule has 2 rings (SSSR count). The second-order valence-electron chi connectivity index (χ2n) is 5.56. The number of hydrogen-bond acceptors (Lipinski definition) is 5. The van der Waals surface area contributed by atoms with Gasteiger partial charge in [0.15, 0.2) is 0 Å². The predicted molar refractivity (Wildman–Crippen MR) is 69.7 cm³/mol. The number of aromatic amines is 1. The van der Waals surface area contributed by atoms with Crippen LogP contribution in [0.1, 0.15) is 44.5 Å². The van der Waals surface area contributed by atoms with Gasteiger partial charge in [-0.1, -0.05) is 0 Å². The van der Waals surface area contributed by atoms with Crippen molar-refractivity contribution in [1.29, 1.82) is 0 Å². The van der Waals surface area contributed by atoms with Crippen molar-refractivity contribution in [3.63, 3.8) is 0 Å². The molecule has 1 atom stereocenters. The zero-order chi connectivity index (χ0) is 14.2. The molecule has 7 nitrogen and oxygen atoms in total. The summed E-state index contributed by atoms with van der Waals surface area (Å²) in [5.41, 5.74) is 6.05. The summed E-state index contributed by atoms with van der Waals surface area (Å²) in [4.78, 5) is 29.3. The highest BCUT2D eigenvalue weighted by Gasteiger charge is 2.29. The Morgan fingerprint density at radius 3 is 2.84 bits per heavy atom. The van der Waals surface area contributed by atoms with Crippen LogP contribution in [0.4, 0.5) is 10.6 Å². The Hall–Kier alpha value is -2.05. The number of nitrogens with one attached hydrogen (secondary N) is 2. The number of hydrogen-bond donors (Lipinski definition) is 3. The van der Waals surface area contributed by atoms with E-state index >= 15 is 0 Å². The average molecular weight is 266 g/mol. The quantitative estimate of drug-likeness (QED) is 0.698. The van der Waals surface area contributed by atoms with Gasteiger partial charge in [-0.3, -0.25) is 0 Å². The standard InChI is InChI=1S/C12H18N4O3/c1-12(2,3)19-11(18)14-7-5-4-6-8(7)15-10(17)16-9(6)13/h7H,4-5H2,1-3H3,(H,14,18)(H3,13,15,16,17). The monoisotopic (exact) mass is 266 g/mol. The maximum absolute atomic E-state index is 11.7. The maximum atomic E-state index is 11.7. The minimum atomic E-state index is -0.559. The van der Waals surface area contributed by atoms with Gasteiger partial charge in [-0.2, -0.15) is 4.98 Å². The zero-order valence-corrected chi connectivity index (χ0v) is 11.2. The van der Waals surface area contributed by atoms with Gasteiger partial charge in [-0.15, -0.1) is 0 Å². The second-order valence-corrected chi connectivity index (χ2v) is 5.56. The van der Waals surface area contributed by atoms with Gasteiger partial charge in [0.2, 0.25) is 0 Å². The van der Waals surface area contributed by atoms with Gasteiger partial charge in [0.1, 0.15) is 11.4 Å². The number of nitrogen functional groups attached to an aromatic ring is 1. The van der Waals surface area contributed by atoms with Gasteiger partial charge in [-0.25, -0.2) is 9.59 Å². The molecule has 0 bridgehead atoms. The van der Waals surface area contributed by atoms with Crippen molar-refractivity contribution in [3.05, 3.63) is 21.7 Å². The van der Waals surface area contributed by atoms with E-state index in [4.69, 9.17) is 10.5 Å². The Labute approximate surface area is 110 Å². The summed E-state index contributed by atoms with van der Waals surface area (Å²) in [5, 5.41) is 2.73. The molecule has 1 aliphatic rings. The van der Waals surface area contributed by atoms with Crippen LogP contribution in [0.15, 0.2) is 4.79 Å². The first-order valence-electron chi connectivity index (χ1n) is 6.14. The van der Waals surface area contributed by atoms with Gasteiger partial charge in [0.05, 0.1) is 6.04 Å². The molecule has 4 N–H and O–H groups in total. The van der Waals surface area contributed by atoms with E-state index < -0.39 is 17.4 Å². The molecule has 0 spiro atoms. The van der Waals surface area contributed by atoms with Crippen molar-refractivity contribution >= 4 is 11.9 Å². The van der Waals surface area contributed by atoms with Gasteiger partial charge in [0, 0.05) is 11.3 Å². The fraction of sp³-hybridized carbons (Fsp3) is 0.583. The summed E-state index contributed by atoms with van der Waals surface area (Å²) in [6.07, 6.45) is 0.827. The summed E-state index contributed by atoms with van der Waals surface area (Å²) in [7, 11) is 0. The maximum Gasteiger partial charge on any atom is 0.408 e. The fourth-order valence-electron chi connectivity index (χ4n) is 2.12. The topological polar surface area (TPSA) is 110 Å². The summed E-state index contributed by atoms with van der Waals surface area (Å²) >= 11 is 0. The predicted octanol–water partition coefficient (Wildman–Crippen LogP) is 0.864. The SMILES string of the molecule is CC(C)(C)OC(=O)NC1CCc2c(N)nc(=O)[nH]c21. The number of ether oxygens (including phenoxy) is 1. The van der Waals surface area contributed by atoms with Crippen molar-refractivity contribution in [2.45, 2.75) is 45.3 Å². The largest absolute Gasteiger partial charge is 0.444 e. The lowest BCUT2D eigenvalue weighted by molar-refractivity contribution is 0.0502. The lowest BCUT2D eigenvalue weighted by Gasteiger charge is -2.22. The van der Waals surface area contributed by atoms with Crippen LogP contribution in [0.2, 0.25) is 0 Å². The first kappa shape index (κ1) is 13.4. The number of nitrogens with two attached hydrogens (primary N) is 1. The van der Waals surface area contributed by atoms with Crippen LogP contribution in [0, 0.1) is 0 Å². The van der Waals surface area contributed by atoms with E-state index in [0.717, 1.165) is 5.56 Å². The summed E-state index contributed by atoms with van der Waals surface area (Å²) in [5.74, 6) is 0.229. The summed E-state index contributed by atoms with van der Waals surface area (Å²) in [6, 6.07) is -0.289. The van der Waals surface area contributed by atoms with Crippen molar-refractivity contribution in [1.82, 2.24) is 15.3 Å². The lowest BCUT2D eigenvalue weighted by Crippen LogP contribution is -2.35. The highest BCUT2D eigenvalue weighted by atomic mass is 16.6. The Balaban J connectivity index is 2.15. The lowest BCUT2D eigenvalue weighted by atomic mass is 10.2. The Morgan fingerprint density at radius 1 is 1.53 bits per heavy atom. The molecule has 1 heterocycles. The van der Waals surface area contributed by atoms with E-state index in [2.05, 4.69) is 15.3 Å². The number of carbonyl (C=O) groups excluding carboxylic acids is 1. The third kappa shape index (κ3) is 3.04. The molecule has 1 aliphatic carbocycles. The fourth-order valence-corrected chi connectivity index (χ4v) is 2.12. The van der Waals surface area contributed by atoms with E-state index in [1.807, 2.05) is 0 Å². The molecule has 0 saturated carbocycles. The average Bonchev–Trinajstić information content (AvgIpc) is 2.58. The molecule has 0 aliphatic heterocycles. The summed E-state index contributed by atoms with van der Waals surface area (Å²) in [6.45, 7) is 5.37. The Morgan fingerprint density at radius 2 is 2.21 bits per heavy atom. The molecule has 0 aromatic carbocycles. The number of carbonyl (C=O) groups is 1. The van der Waals surface area contributed by atoms with E-state index in [0.29, 0.717) is 18.5 Å². The van der Waals surface area contributed by atoms with Crippen LogP contribution in [0.5, 0.6) is 0 Å². The van der Waals surface area contributed by atoms with Crippen molar-refractivity contribution in [3.8, 4) is 0 Å². The number of amides is 1. The molecule has 1 aromatic rings. The van der Waals surface area contributed by atoms with Crippen molar-refractivity contribution in [2.24, 2.45) is 0 Å². The molecule has 1 aromatic heterocycles. The van der Waals surface area contributed by atoms with Crippen LogP contribution in [0.3, 0.4) is 0 Å². The van der Waals surface area contributed by atoms with Crippen molar-refractivity contribution in [2.75, 3.05) is 5.73 Å². The van der Waals surface area contributed by atoms with Gasteiger partial charge in [0.25, 0.3) is 0 Å². The number of aromatic nitrogens is 2. The van der Waals surface area contributed by atoms with E-state index in [1.165, 1.54) is 0 Å². The van der Waals surface area contributed by atoms with Crippen LogP contribution in [0.25, 0.3) is 0 Å². The molecule has 104 valence electrons. The number of alkyl carbamates (subject to hydrolysis) is 1. The molecule has 0 fully saturated rings. The second kappa shape index (κ2) is 4.56. The molecule has 1 amide bonds. The minimum absolute atomic E-state index is 0.229. The minimum Gasteiger partial charge on any atom is -0.444 e. The molecule has 19 heavy (non-hydrogen) atoms. The first-order valence-corrected chi connectivity index (χ1v) is 6.14. The smallest absolute Gasteiger partial charge is 0.408 e. The molecule has 1 unspecified atom stereocenters. The van der Waals surface area contributed by atoms with Crippen LogP contribution in [-0.4, -0.2) is 21.7 Å². The van der Waals surface area contributed by atoms with Crippen LogP contribution < -0.4 is 16.7 Å². The first-order chi connectivity index (χ1) is 8.76. The Bertz CT molecular complexity index is 559. The van der Waals surface area contributed by atoms with Gasteiger partial charge in [-0.05, 0) is 33.6 Å². The van der Waals surface area contributed by atoms with Gasteiger partial charge < -0.3 is 20.8 Å². The summed E-state index contributed by atoms with van der Waals surface area (Å²) < 4.78 is 5.19. The third-order valence-corrected chi connectivity index (χ3v) is 2.82. The molecule has 0 saturated heterocycles. The van der Waals surface area contributed by atoms with Crippen LogP contribution >= 0.6 is 0 Å². The molecular weight excluding hydrogens is 248 g/mol. The number of rotatable bonds is 1. The Kier molecular flexibility index (Phi) is 3.21. The van der Waals surface area contributed by atoms with Crippen molar-refractivity contribution < 1.29 is 9.53 Å². The number of fused-ring (bicyclic) bond motifs is 1. The van der Waals surface area contributed by atoms with Crippen LogP contribution in [-0.2, 0) is 11.2 Å². The zero-order valence-electron chi connectivity index (χ0n) is 11.2.